The molecule has 0 aliphatic carbocycles. The monoisotopic (exact) mass is 170 g/mol. The van der Waals surface area contributed by atoms with Gasteiger partial charge in [-0.25, -0.2) is 0 Å². The molecule has 0 aromatic carbocycles. The molecule has 0 fully saturated rings. The highest BCUT2D eigenvalue weighted by molar-refractivity contribution is 5.79. The largest absolute Gasteiger partial charge is 0.355 e. The van der Waals surface area contributed by atoms with Crippen LogP contribution in [0.3, 0.4) is 0 Å². The van der Waals surface area contributed by atoms with Crippen molar-refractivity contribution in [2.75, 3.05) is 27.2 Å². The smallest absolute Gasteiger partial charge is 0.224 e. The van der Waals surface area contributed by atoms with Gasteiger partial charge in [0.2, 0.25) is 5.91 Å². The number of hydrogen-bond donors (Lipinski definition) is 1. The van der Waals surface area contributed by atoms with E-state index in [4.69, 9.17) is 6.92 Å². The molecule has 0 saturated heterocycles. The predicted octanol–water partition coefficient (Wildman–Crippen LogP) is 0.401. The summed E-state index contributed by atoms with van der Waals surface area (Å²) in [6.07, 6.45) is 0. The summed E-state index contributed by atoms with van der Waals surface area (Å²) >= 11 is 0. The Balaban J connectivity index is 3.78. The summed E-state index contributed by atoms with van der Waals surface area (Å²) in [5.41, 5.74) is 0.0680. The van der Waals surface area contributed by atoms with Gasteiger partial charge in [-0.3, -0.25) is 4.79 Å². The number of nitrogens with zero attached hydrogens (tertiary/aromatic N) is 1. The maximum atomic E-state index is 10.4. The Morgan fingerprint density at radius 1 is 1.50 bits per heavy atom. The molecule has 0 aliphatic rings. The minimum absolute atomic E-state index is 0.0680. The third kappa shape index (κ3) is 6.16. The molecule has 1 amide bonds. The Morgan fingerprint density at radius 2 is 2.00 bits per heavy atom. The average Bonchev–Trinajstić information content (AvgIpc) is 1.81. The molecule has 0 aromatic rings. The van der Waals surface area contributed by atoms with Gasteiger partial charge >= 0.3 is 0 Å². The molecule has 70 valence electrons. The molecule has 0 spiro atoms. The van der Waals surface area contributed by atoms with Crippen molar-refractivity contribution >= 4 is 5.91 Å². The Morgan fingerprint density at radius 3 is 2.33 bits per heavy atom. The third-order valence-corrected chi connectivity index (χ3v) is 1.49. The average molecular weight is 170 g/mol. The lowest BCUT2D eigenvalue weighted by molar-refractivity contribution is -0.117. The standard InChI is InChI=1S/C9H18N2O/c1-8(12)10-6-9(2,3)7-11(4)5/h1H,6-7H2,2-5H3,(H,10,12). The van der Waals surface area contributed by atoms with Crippen LogP contribution >= 0.6 is 0 Å². The molecule has 3 nitrogen and oxygen atoms in total. The molecular weight excluding hydrogens is 152 g/mol. The van der Waals surface area contributed by atoms with Crippen molar-refractivity contribution < 1.29 is 4.79 Å². The van der Waals surface area contributed by atoms with E-state index in [0.29, 0.717) is 6.54 Å². The second kappa shape index (κ2) is 4.45. The van der Waals surface area contributed by atoms with Gasteiger partial charge in [0, 0.05) is 13.1 Å². The molecule has 0 aromatic heterocycles. The molecule has 0 bridgehead atoms. The first-order valence-corrected chi connectivity index (χ1v) is 4.01. The van der Waals surface area contributed by atoms with Gasteiger partial charge in [-0.05, 0) is 19.5 Å². The van der Waals surface area contributed by atoms with Gasteiger partial charge in [0.15, 0.2) is 0 Å². The topological polar surface area (TPSA) is 32.3 Å². The molecule has 0 atom stereocenters. The first-order valence-electron chi connectivity index (χ1n) is 4.01. The Hall–Kier alpha value is -0.570. The first kappa shape index (κ1) is 11.4. The summed E-state index contributed by atoms with van der Waals surface area (Å²) in [6, 6.07) is 0. The predicted molar refractivity (Wildman–Crippen MR) is 49.6 cm³/mol. The van der Waals surface area contributed by atoms with Crippen LogP contribution in [0.2, 0.25) is 0 Å². The normalized spacial score (nSPS) is 11.8. The number of rotatable bonds is 4. The van der Waals surface area contributed by atoms with Crippen molar-refractivity contribution in [2.24, 2.45) is 5.41 Å². The van der Waals surface area contributed by atoms with Crippen LogP contribution in [0, 0.1) is 12.3 Å². The highest BCUT2D eigenvalue weighted by Crippen LogP contribution is 2.13. The van der Waals surface area contributed by atoms with Crippen molar-refractivity contribution in [3.8, 4) is 0 Å². The second-order valence-corrected chi connectivity index (χ2v) is 4.12. The Labute approximate surface area is 75.1 Å². The molecule has 2 radical (unpaired) electrons. The number of carbonyl (C=O) groups excluding carboxylic acids is 1. The van der Waals surface area contributed by atoms with Gasteiger partial charge in [-0.1, -0.05) is 13.8 Å². The SMILES string of the molecule is [CH]C(=O)NCC(C)(C)CN(C)C. The number of carbonyl (C=O) groups is 1. The van der Waals surface area contributed by atoms with Gasteiger partial charge in [-0.2, -0.15) is 0 Å². The lowest BCUT2D eigenvalue weighted by Crippen LogP contribution is -2.39. The van der Waals surface area contributed by atoms with Gasteiger partial charge in [0.1, 0.15) is 0 Å². The van der Waals surface area contributed by atoms with E-state index in [1.54, 1.807) is 0 Å². The van der Waals surface area contributed by atoms with Gasteiger partial charge in [-0.15, -0.1) is 0 Å². The fourth-order valence-electron chi connectivity index (χ4n) is 1.24. The van der Waals surface area contributed by atoms with Crippen LogP contribution in [0.15, 0.2) is 0 Å². The lowest BCUT2D eigenvalue weighted by Gasteiger charge is -2.28. The molecule has 12 heavy (non-hydrogen) atoms. The zero-order valence-corrected chi connectivity index (χ0v) is 8.35. The third-order valence-electron chi connectivity index (χ3n) is 1.49. The summed E-state index contributed by atoms with van der Waals surface area (Å²) in [4.78, 5) is 12.5. The quantitative estimate of drug-likeness (QED) is 0.662. The van der Waals surface area contributed by atoms with Gasteiger partial charge < -0.3 is 10.2 Å². The van der Waals surface area contributed by atoms with E-state index in [0.717, 1.165) is 6.54 Å². The minimum Gasteiger partial charge on any atom is -0.355 e. The van der Waals surface area contributed by atoms with Crippen LogP contribution in [0.4, 0.5) is 0 Å². The molecule has 0 unspecified atom stereocenters. The maximum Gasteiger partial charge on any atom is 0.224 e. The van der Waals surface area contributed by atoms with E-state index in [2.05, 4.69) is 24.1 Å². The van der Waals surface area contributed by atoms with Gasteiger partial charge in [0.25, 0.3) is 0 Å². The van der Waals surface area contributed by atoms with Crippen LogP contribution in [0.1, 0.15) is 13.8 Å². The van der Waals surface area contributed by atoms with Crippen molar-refractivity contribution in [2.45, 2.75) is 13.8 Å². The summed E-state index contributed by atoms with van der Waals surface area (Å²) in [5, 5.41) is 2.60. The number of hydrogen-bond acceptors (Lipinski definition) is 2. The zero-order chi connectivity index (χ0) is 9.78. The van der Waals surface area contributed by atoms with Crippen LogP contribution in [-0.2, 0) is 4.79 Å². The van der Waals surface area contributed by atoms with Crippen molar-refractivity contribution in [1.29, 1.82) is 0 Å². The van der Waals surface area contributed by atoms with Gasteiger partial charge in [0.05, 0.1) is 6.92 Å². The molecule has 0 rings (SSSR count). The zero-order valence-electron chi connectivity index (χ0n) is 8.35. The lowest BCUT2D eigenvalue weighted by atomic mass is 9.93. The first-order chi connectivity index (χ1) is 5.33. The fraction of sp³-hybridized carbons (Fsp3) is 0.778. The van der Waals surface area contributed by atoms with E-state index < -0.39 is 5.91 Å². The fourth-order valence-corrected chi connectivity index (χ4v) is 1.24. The maximum absolute atomic E-state index is 10.4. The van der Waals surface area contributed by atoms with E-state index >= 15 is 0 Å². The van der Waals surface area contributed by atoms with Crippen molar-refractivity contribution in [3.63, 3.8) is 0 Å². The van der Waals surface area contributed by atoms with E-state index in [-0.39, 0.29) is 5.41 Å². The summed E-state index contributed by atoms with van der Waals surface area (Å²) < 4.78 is 0. The summed E-state index contributed by atoms with van der Waals surface area (Å²) in [6.45, 7) is 10.7. The van der Waals surface area contributed by atoms with E-state index in [1.165, 1.54) is 0 Å². The Kier molecular flexibility index (Phi) is 4.24. The molecule has 0 heterocycles. The van der Waals surface area contributed by atoms with E-state index in [9.17, 15) is 4.79 Å². The van der Waals surface area contributed by atoms with E-state index in [1.807, 2.05) is 14.1 Å². The highest BCUT2D eigenvalue weighted by Gasteiger charge is 2.18. The minimum atomic E-state index is -0.457. The van der Waals surface area contributed by atoms with Crippen LogP contribution in [0.5, 0.6) is 0 Å². The summed E-state index contributed by atoms with van der Waals surface area (Å²) in [7, 11) is 4.01. The molecule has 1 N–H and O–H groups in total. The Bertz CT molecular complexity index is 153. The van der Waals surface area contributed by atoms with Crippen molar-refractivity contribution in [1.82, 2.24) is 10.2 Å². The molecular formula is C9H18N2O. The molecule has 3 heteroatoms. The van der Waals surface area contributed by atoms with Crippen molar-refractivity contribution in [3.05, 3.63) is 6.92 Å². The van der Waals surface area contributed by atoms with Crippen LogP contribution in [-0.4, -0.2) is 38.0 Å². The van der Waals surface area contributed by atoms with Crippen LogP contribution < -0.4 is 5.32 Å². The number of amides is 1. The molecule has 0 aliphatic heterocycles. The van der Waals surface area contributed by atoms with Crippen LogP contribution in [0.25, 0.3) is 0 Å². The second-order valence-electron chi connectivity index (χ2n) is 4.12. The summed E-state index contributed by atoms with van der Waals surface area (Å²) in [5.74, 6) is -0.457. The molecule has 0 saturated carbocycles. The highest BCUT2D eigenvalue weighted by atomic mass is 16.1. The number of nitrogens with one attached hydrogen (secondary N) is 1.